The Morgan fingerprint density at radius 3 is 1.52 bits per heavy atom. The predicted octanol–water partition coefficient (Wildman–Crippen LogP) is -4.83. The van der Waals surface area contributed by atoms with Gasteiger partial charge in [0.25, 0.3) is 0 Å². The number of thiol groups is 1. The molecule has 0 aromatic rings. The summed E-state index contributed by atoms with van der Waals surface area (Å²) in [7, 11) is 0. The normalized spacial score (nSPS) is 15.1. The Hall–Kier alpha value is -3.97. The first-order valence-corrected chi connectivity index (χ1v) is 13.3. The Labute approximate surface area is 246 Å². The van der Waals surface area contributed by atoms with Gasteiger partial charge in [-0.2, -0.15) is 12.6 Å². The molecule has 3 unspecified atom stereocenters. The van der Waals surface area contributed by atoms with Crippen molar-refractivity contribution in [3.8, 4) is 0 Å². The quantitative estimate of drug-likeness (QED) is 0.0606. The molecule has 11 N–H and O–H groups in total. The summed E-state index contributed by atoms with van der Waals surface area (Å²) in [6.07, 6.45) is -1.77. The molecule has 0 aliphatic rings. The van der Waals surface area contributed by atoms with Crippen LogP contribution >= 0.6 is 12.6 Å². The fourth-order valence-electron chi connectivity index (χ4n) is 3.20. The number of nitrogens with one attached hydrogen (secondary N) is 6. The first-order valence-electron chi connectivity index (χ1n) is 12.7. The van der Waals surface area contributed by atoms with Crippen molar-refractivity contribution in [2.45, 2.75) is 82.8 Å². The highest BCUT2D eigenvalue weighted by molar-refractivity contribution is 7.80. The van der Waals surface area contributed by atoms with Gasteiger partial charge in [0.05, 0.1) is 25.5 Å². The third-order valence-corrected chi connectivity index (χ3v) is 5.75. The molecule has 19 heteroatoms. The number of carboxylic acid groups (broad SMARTS) is 2. The number of aliphatic hydroxyl groups excluding tert-OH is 1. The van der Waals surface area contributed by atoms with E-state index in [-0.39, 0.29) is 11.8 Å². The lowest BCUT2D eigenvalue weighted by Gasteiger charge is -2.25. The summed E-state index contributed by atoms with van der Waals surface area (Å²) >= 11 is 4.08. The van der Waals surface area contributed by atoms with Gasteiger partial charge in [-0.25, -0.2) is 0 Å². The highest BCUT2D eigenvalue weighted by Crippen LogP contribution is 2.01. The van der Waals surface area contributed by atoms with E-state index in [4.69, 9.17) is 15.9 Å². The van der Waals surface area contributed by atoms with E-state index in [0.29, 0.717) is 0 Å². The zero-order valence-corrected chi connectivity index (χ0v) is 24.4. The van der Waals surface area contributed by atoms with Crippen molar-refractivity contribution in [1.82, 2.24) is 31.9 Å². The van der Waals surface area contributed by atoms with Crippen molar-refractivity contribution >= 4 is 60.0 Å². The van der Waals surface area contributed by atoms with E-state index < -0.39 is 103 Å². The van der Waals surface area contributed by atoms with Gasteiger partial charge in [-0.05, 0) is 13.8 Å². The molecule has 0 saturated carbocycles. The van der Waals surface area contributed by atoms with Crippen molar-refractivity contribution < 1.29 is 53.7 Å². The van der Waals surface area contributed by atoms with Gasteiger partial charge >= 0.3 is 11.9 Å². The zero-order valence-electron chi connectivity index (χ0n) is 23.5. The van der Waals surface area contributed by atoms with Crippen molar-refractivity contribution in [2.75, 3.05) is 12.4 Å². The molecule has 0 radical (unpaired) electrons. The number of carbonyl (C=O) groups excluding carboxylic acids is 6. The summed E-state index contributed by atoms with van der Waals surface area (Å²) in [5, 5.41) is 41.3. The van der Waals surface area contributed by atoms with Crippen LogP contribution in [0.2, 0.25) is 0 Å². The van der Waals surface area contributed by atoms with Crippen LogP contribution in [0.1, 0.15) is 40.5 Å². The number of carboxylic acids is 2. The smallest absolute Gasteiger partial charge is 0.325 e. The van der Waals surface area contributed by atoms with Crippen LogP contribution in [0.25, 0.3) is 0 Å². The number of carbonyl (C=O) groups is 8. The molecule has 6 amide bonds. The summed E-state index contributed by atoms with van der Waals surface area (Å²) in [5.74, 6) is -8.94. The van der Waals surface area contributed by atoms with Crippen molar-refractivity contribution in [1.29, 1.82) is 0 Å². The lowest BCUT2D eigenvalue weighted by molar-refractivity contribution is -0.143. The number of aliphatic carboxylic acids is 2. The highest BCUT2D eigenvalue weighted by Gasteiger charge is 2.32. The Bertz CT molecular complexity index is 1030. The van der Waals surface area contributed by atoms with Gasteiger partial charge in [0, 0.05) is 11.8 Å². The Morgan fingerprint density at radius 1 is 0.643 bits per heavy atom. The highest BCUT2D eigenvalue weighted by atomic mass is 32.1. The van der Waals surface area contributed by atoms with Crippen LogP contribution in [0.4, 0.5) is 0 Å². The van der Waals surface area contributed by atoms with Gasteiger partial charge in [-0.3, -0.25) is 38.4 Å². The summed E-state index contributed by atoms with van der Waals surface area (Å²) in [5.41, 5.74) is 5.15. The lowest BCUT2D eigenvalue weighted by Crippen LogP contribution is -2.60. The molecule has 42 heavy (non-hydrogen) atoms. The van der Waals surface area contributed by atoms with Gasteiger partial charge < -0.3 is 53.0 Å². The first-order chi connectivity index (χ1) is 19.4. The maximum absolute atomic E-state index is 12.8. The molecule has 0 fully saturated rings. The number of amides is 6. The van der Waals surface area contributed by atoms with E-state index in [1.165, 1.54) is 6.92 Å². The second kappa shape index (κ2) is 18.5. The summed E-state index contributed by atoms with van der Waals surface area (Å²) in [6, 6.07) is -8.69. The van der Waals surface area contributed by atoms with Crippen LogP contribution in [0.3, 0.4) is 0 Å². The monoisotopic (exact) mass is 621 g/mol. The molecule has 0 aromatic heterocycles. The maximum atomic E-state index is 12.8. The molecule has 0 spiro atoms. The van der Waals surface area contributed by atoms with Crippen molar-refractivity contribution in [3.63, 3.8) is 0 Å². The largest absolute Gasteiger partial charge is 0.481 e. The van der Waals surface area contributed by atoms with Crippen LogP contribution in [0.15, 0.2) is 0 Å². The van der Waals surface area contributed by atoms with Crippen LogP contribution in [0, 0.1) is 0 Å². The molecule has 0 heterocycles. The molecular weight excluding hydrogens is 582 g/mol. The molecule has 0 saturated heterocycles. The molecule has 6 atom stereocenters. The van der Waals surface area contributed by atoms with E-state index in [2.05, 4.69) is 33.9 Å². The molecule has 0 aliphatic heterocycles. The maximum Gasteiger partial charge on any atom is 0.325 e. The van der Waals surface area contributed by atoms with Crippen LogP contribution in [-0.2, 0) is 38.4 Å². The second-order valence-electron chi connectivity index (χ2n) is 9.49. The van der Waals surface area contributed by atoms with Gasteiger partial charge in [0.15, 0.2) is 0 Å². The van der Waals surface area contributed by atoms with E-state index >= 15 is 0 Å². The average Bonchev–Trinajstić information content (AvgIpc) is 2.88. The van der Waals surface area contributed by atoms with Crippen LogP contribution in [-0.4, -0.2) is 117 Å². The molecule has 238 valence electrons. The number of hydrogen-bond donors (Lipinski definition) is 11. The summed E-state index contributed by atoms with van der Waals surface area (Å²) in [6.45, 7) is 5.03. The minimum Gasteiger partial charge on any atom is -0.481 e. The van der Waals surface area contributed by atoms with Crippen LogP contribution in [0.5, 0.6) is 0 Å². The number of rotatable bonds is 19. The van der Waals surface area contributed by atoms with Gasteiger partial charge in [-0.1, -0.05) is 13.8 Å². The van der Waals surface area contributed by atoms with Gasteiger partial charge in [0.2, 0.25) is 35.4 Å². The number of aliphatic hydroxyl groups is 1. The molecule has 18 nitrogen and oxygen atoms in total. The summed E-state index contributed by atoms with van der Waals surface area (Å²) < 4.78 is 0. The number of hydrogen-bond acceptors (Lipinski definition) is 11. The molecule has 0 bridgehead atoms. The van der Waals surface area contributed by atoms with E-state index in [0.717, 1.165) is 6.92 Å². The van der Waals surface area contributed by atoms with Crippen LogP contribution < -0.4 is 37.6 Å². The molecule has 0 rings (SSSR count). The van der Waals surface area contributed by atoms with Crippen molar-refractivity contribution in [2.24, 2.45) is 5.73 Å². The fourth-order valence-corrected chi connectivity index (χ4v) is 3.47. The molecule has 0 aromatic carbocycles. The van der Waals surface area contributed by atoms with Crippen molar-refractivity contribution in [3.05, 3.63) is 0 Å². The van der Waals surface area contributed by atoms with E-state index in [1.54, 1.807) is 13.8 Å². The average molecular weight is 622 g/mol. The standard InChI is InChI=1S/C23H39N7O11S/c1-9(2)25-15(8-42)22(39)30-14(7-31)21(38)26-10(3)18(35)28-12(5-16(24)32)20(37)29-13(6-17(33)34)19(36)27-11(4)23(40)41/h9-15,25,31,42H,5-8H2,1-4H3,(H2,24,32)(H,26,38)(H,27,36)(H,28,35)(H,29,37)(H,30,39)(H,33,34)(H,40,41)/t10-,11-,12?,13?,14?,15-/m0/s1. The predicted molar refractivity (Wildman–Crippen MR) is 148 cm³/mol. The van der Waals surface area contributed by atoms with E-state index in [9.17, 15) is 43.5 Å². The summed E-state index contributed by atoms with van der Waals surface area (Å²) in [4.78, 5) is 96.7. The number of primary amides is 1. The third kappa shape index (κ3) is 14.1. The molecule has 0 aliphatic carbocycles. The lowest BCUT2D eigenvalue weighted by atomic mass is 10.1. The van der Waals surface area contributed by atoms with Gasteiger partial charge in [-0.15, -0.1) is 0 Å². The van der Waals surface area contributed by atoms with E-state index in [1.807, 2.05) is 10.6 Å². The minimum atomic E-state index is -1.79. The number of nitrogens with two attached hydrogens (primary N) is 1. The Morgan fingerprint density at radius 2 is 1.07 bits per heavy atom. The van der Waals surface area contributed by atoms with Gasteiger partial charge in [0.1, 0.15) is 30.2 Å². The first kappa shape index (κ1) is 38.0. The topological polar surface area (TPSA) is 295 Å². The minimum absolute atomic E-state index is 0.0828. The second-order valence-corrected chi connectivity index (χ2v) is 9.85. The zero-order chi connectivity index (χ0) is 32.7. The molecular formula is C23H39N7O11S. The Kier molecular flexibility index (Phi) is 16.7. The third-order valence-electron chi connectivity index (χ3n) is 5.38. The Balaban J connectivity index is 5.54. The SMILES string of the molecule is CC(C)N[C@@H](CS)C(=O)NC(CO)C(=O)N[C@@H](C)C(=O)NC(CC(N)=O)C(=O)NC(CC(=O)O)C(=O)N[C@@H](C)C(=O)O. The fraction of sp³-hybridized carbons (Fsp3) is 0.652.